The molecule has 1 fully saturated rings. The highest BCUT2D eigenvalue weighted by Gasteiger charge is 2.29. The minimum atomic E-state index is -3.60. The largest absolute Gasteiger partial charge is 0.361 e. The molecule has 3 heterocycles. The number of hydrogen-bond donors (Lipinski definition) is 3. The number of aromatic nitrogens is 3. The molecule has 0 aliphatic carbocycles. The Morgan fingerprint density at radius 1 is 1.03 bits per heavy atom. The molecule has 0 unspecified atom stereocenters. The molecule has 4 rings (SSSR count). The van der Waals surface area contributed by atoms with Crippen molar-refractivity contribution in [2.45, 2.75) is 4.90 Å². The zero-order valence-corrected chi connectivity index (χ0v) is 16.7. The van der Waals surface area contributed by atoms with Crippen LogP contribution in [-0.4, -0.2) is 65.0 Å². The van der Waals surface area contributed by atoms with Gasteiger partial charge in [-0.15, -0.1) is 0 Å². The van der Waals surface area contributed by atoms with Crippen molar-refractivity contribution in [3.63, 3.8) is 0 Å². The van der Waals surface area contributed by atoms with Gasteiger partial charge in [0.25, 0.3) is 5.91 Å². The number of rotatable bonds is 5. The third-order valence-electron chi connectivity index (χ3n) is 4.92. The zero-order chi connectivity index (χ0) is 21.1. The van der Waals surface area contributed by atoms with Crippen LogP contribution in [0.15, 0.2) is 59.9 Å². The molecule has 0 saturated carbocycles. The maximum Gasteiger partial charge on any atom is 0.277 e. The van der Waals surface area contributed by atoms with Gasteiger partial charge in [0.15, 0.2) is 0 Å². The molecule has 3 aromatic rings. The maximum atomic E-state index is 13.0. The first kappa shape index (κ1) is 20.0. The second-order valence-electron chi connectivity index (χ2n) is 6.71. The van der Waals surface area contributed by atoms with Crippen LogP contribution in [-0.2, 0) is 10.0 Å². The van der Waals surface area contributed by atoms with E-state index in [-0.39, 0.29) is 10.5 Å². The van der Waals surface area contributed by atoms with Crippen LogP contribution in [0.5, 0.6) is 0 Å². The Balaban J connectivity index is 1.42. The summed E-state index contributed by atoms with van der Waals surface area (Å²) >= 11 is 0. The van der Waals surface area contributed by atoms with Gasteiger partial charge in [0.05, 0.1) is 10.5 Å². The topological polar surface area (TPSA) is 132 Å². The summed E-state index contributed by atoms with van der Waals surface area (Å²) in [5.74, 6) is -0.295. The van der Waals surface area contributed by atoms with Crippen LogP contribution in [0.25, 0.3) is 11.3 Å². The van der Waals surface area contributed by atoms with E-state index in [1.54, 1.807) is 24.3 Å². The van der Waals surface area contributed by atoms with E-state index in [2.05, 4.69) is 15.0 Å². The van der Waals surface area contributed by atoms with Gasteiger partial charge in [0.1, 0.15) is 0 Å². The van der Waals surface area contributed by atoms with Gasteiger partial charge in [-0.3, -0.25) is 10.0 Å². The Hall–Kier alpha value is -3.28. The van der Waals surface area contributed by atoms with Crippen molar-refractivity contribution < 1.29 is 18.4 Å². The van der Waals surface area contributed by atoms with Crippen LogP contribution in [0, 0.1) is 0 Å². The summed E-state index contributed by atoms with van der Waals surface area (Å²) in [6.45, 7) is 1.43. The molecule has 11 heteroatoms. The number of benzene rings is 1. The number of hydroxylamine groups is 1. The molecule has 1 aliphatic heterocycles. The molecule has 30 heavy (non-hydrogen) atoms. The average Bonchev–Trinajstić information content (AvgIpc) is 3.34. The SMILES string of the molecule is O=C(NO)c1cnc(N2CCN(S(=O)(=O)c3ccc(-c4ccc[nH]4)cc3)CC2)nc1. The van der Waals surface area contributed by atoms with Crippen LogP contribution in [0.4, 0.5) is 5.95 Å². The Bertz CT molecular complexity index is 1110. The lowest BCUT2D eigenvalue weighted by atomic mass is 10.2. The number of sulfonamides is 1. The number of carbonyl (C=O) groups is 1. The molecule has 1 aromatic carbocycles. The van der Waals surface area contributed by atoms with E-state index in [1.807, 2.05) is 23.2 Å². The summed E-state index contributed by atoms with van der Waals surface area (Å²) in [4.78, 5) is 24.8. The highest BCUT2D eigenvalue weighted by atomic mass is 32.2. The first-order valence-electron chi connectivity index (χ1n) is 9.24. The fraction of sp³-hybridized carbons (Fsp3) is 0.211. The van der Waals surface area contributed by atoms with Crippen molar-refractivity contribution in [1.82, 2.24) is 24.7 Å². The van der Waals surface area contributed by atoms with Crippen molar-refractivity contribution in [1.29, 1.82) is 0 Å². The van der Waals surface area contributed by atoms with Gasteiger partial charge < -0.3 is 9.88 Å². The molecule has 156 valence electrons. The summed E-state index contributed by atoms with van der Waals surface area (Å²) < 4.78 is 27.4. The number of amides is 1. The molecule has 1 aliphatic rings. The van der Waals surface area contributed by atoms with Gasteiger partial charge in [-0.1, -0.05) is 12.1 Å². The zero-order valence-electron chi connectivity index (χ0n) is 15.9. The van der Waals surface area contributed by atoms with Gasteiger partial charge in [-0.2, -0.15) is 4.31 Å². The summed E-state index contributed by atoms with van der Waals surface area (Å²) in [6.07, 6.45) is 4.43. The van der Waals surface area contributed by atoms with Crippen molar-refractivity contribution in [3.8, 4) is 11.3 Å². The number of nitrogens with zero attached hydrogens (tertiary/aromatic N) is 4. The lowest BCUT2D eigenvalue weighted by Crippen LogP contribution is -2.49. The second kappa shape index (κ2) is 8.22. The van der Waals surface area contributed by atoms with E-state index >= 15 is 0 Å². The molecule has 10 nitrogen and oxygen atoms in total. The fourth-order valence-electron chi connectivity index (χ4n) is 3.26. The first-order valence-corrected chi connectivity index (χ1v) is 10.7. The van der Waals surface area contributed by atoms with Crippen LogP contribution in [0.1, 0.15) is 10.4 Å². The van der Waals surface area contributed by atoms with E-state index in [1.165, 1.54) is 22.2 Å². The Labute approximate surface area is 173 Å². The highest BCUT2D eigenvalue weighted by molar-refractivity contribution is 7.89. The third kappa shape index (κ3) is 3.90. The second-order valence-corrected chi connectivity index (χ2v) is 8.65. The number of piperazine rings is 1. The lowest BCUT2D eigenvalue weighted by molar-refractivity contribution is 0.0705. The Morgan fingerprint density at radius 3 is 2.27 bits per heavy atom. The van der Waals surface area contributed by atoms with Crippen molar-refractivity contribution in [2.75, 3.05) is 31.1 Å². The molecule has 1 amide bonds. The number of aromatic amines is 1. The van der Waals surface area contributed by atoms with Gasteiger partial charge in [-0.05, 0) is 29.8 Å². The smallest absolute Gasteiger partial charge is 0.277 e. The van der Waals surface area contributed by atoms with E-state index in [9.17, 15) is 13.2 Å². The van der Waals surface area contributed by atoms with Gasteiger partial charge in [0, 0.05) is 50.5 Å². The van der Waals surface area contributed by atoms with Crippen LogP contribution in [0.2, 0.25) is 0 Å². The van der Waals surface area contributed by atoms with E-state index in [0.717, 1.165) is 11.3 Å². The standard InChI is InChI=1S/C19H20N6O4S/c26-18(23-27)15-12-21-19(22-13-15)24-8-10-25(11-9-24)30(28,29)16-5-3-14(4-6-16)17-2-1-7-20-17/h1-7,12-13,20,27H,8-11H2,(H,23,26). The van der Waals surface area contributed by atoms with Gasteiger partial charge >= 0.3 is 0 Å². The minimum absolute atomic E-state index is 0.130. The fourth-order valence-corrected chi connectivity index (χ4v) is 4.68. The monoisotopic (exact) mass is 428 g/mol. The van der Waals surface area contributed by atoms with Crippen molar-refractivity contribution >= 4 is 21.9 Å². The molecule has 0 atom stereocenters. The molecule has 0 radical (unpaired) electrons. The molecule has 2 aromatic heterocycles. The average molecular weight is 428 g/mol. The van der Waals surface area contributed by atoms with Crippen molar-refractivity contribution in [3.05, 3.63) is 60.6 Å². The predicted octanol–water partition coefficient (Wildman–Crippen LogP) is 1.10. The van der Waals surface area contributed by atoms with E-state index < -0.39 is 15.9 Å². The third-order valence-corrected chi connectivity index (χ3v) is 6.84. The number of nitrogens with one attached hydrogen (secondary N) is 2. The summed E-state index contributed by atoms with van der Waals surface area (Å²) in [7, 11) is -3.60. The highest BCUT2D eigenvalue weighted by Crippen LogP contribution is 2.23. The molecule has 3 N–H and O–H groups in total. The number of anilines is 1. The normalized spacial score (nSPS) is 15.2. The number of carbonyl (C=O) groups excluding carboxylic acids is 1. The predicted molar refractivity (Wildman–Crippen MR) is 108 cm³/mol. The molecular weight excluding hydrogens is 408 g/mol. The van der Waals surface area contributed by atoms with Crippen LogP contribution in [0.3, 0.4) is 0 Å². The van der Waals surface area contributed by atoms with E-state index in [4.69, 9.17) is 5.21 Å². The Kier molecular flexibility index (Phi) is 5.48. The summed E-state index contributed by atoms with van der Waals surface area (Å²) in [5, 5.41) is 8.64. The number of H-pyrrole nitrogens is 1. The maximum absolute atomic E-state index is 13.0. The quantitative estimate of drug-likeness (QED) is 0.410. The summed E-state index contributed by atoms with van der Waals surface area (Å²) in [6, 6.07) is 10.6. The van der Waals surface area contributed by atoms with Crippen LogP contribution >= 0.6 is 0 Å². The minimum Gasteiger partial charge on any atom is -0.361 e. The number of hydrogen-bond acceptors (Lipinski definition) is 7. The van der Waals surface area contributed by atoms with Crippen molar-refractivity contribution in [2.24, 2.45) is 0 Å². The molecule has 0 spiro atoms. The van der Waals surface area contributed by atoms with Gasteiger partial charge in [0.2, 0.25) is 16.0 Å². The van der Waals surface area contributed by atoms with Crippen LogP contribution < -0.4 is 10.4 Å². The molecule has 1 saturated heterocycles. The summed E-state index contributed by atoms with van der Waals surface area (Å²) in [5.41, 5.74) is 3.49. The molecular formula is C19H20N6O4S. The first-order chi connectivity index (χ1) is 14.5. The molecule has 0 bridgehead atoms. The van der Waals surface area contributed by atoms with E-state index in [0.29, 0.717) is 32.1 Å². The van der Waals surface area contributed by atoms with Gasteiger partial charge in [-0.25, -0.2) is 23.9 Å². The Morgan fingerprint density at radius 2 is 1.70 bits per heavy atom. The lowest BCUT2D eigenvalue weighted by Gasteiger charge is -2.33.